The molecular weight excluding hydrogens is 327 g/mol. The first-order valence-electron chi connectivity index (χ1n) is 7.66. The second-order valence-corrected chi connectivity index (χ2v) is 5.71. The Bertz CT molecular complexity index is 749. The summed E-state index contributed by atoms with van der Waals surface area (Å²) in [6.45, 7) is 0. The Kier molecular flexibility index (Phi) is 6.08. The van der Waals surface area contributed by atoms with Crippen LogP contribution in [0.2, 0.25) is 0 Å². The van der Waals surface area contributed by atoms with E-state index in [1.165, 1.54) is 30.3 Å². The number of nitrogens with two attached hydrogens (primary N) is 1. The van der Waals surface area contributed by atoms with Crippen LogP contribution in [0.1, 0.15) is 11.1 Å². The lowest BCUT2D eigenvalue weighted by Crippen LogP contribution is -2.50. The van der Waals surface area contributed by atoms with Gasteiger partial charge in [-0.3, -0.25) is 4.79 Å². The van der Waals surface area contributed by atoms with E-state index in [0.29, 0.717) is 5.56 Å². The molecule has 1 unspecified atom stereocenters. The fourth-order valence-corrected chi connectivity index (χ4v) is 2.36. The van der Waals surface area contributed by atoms with Crippen LogP contribution in [0.3, 0.4) is 0 Å². The number of amides is 1. The number of halogens is 1. The number of phenols is 1. The van der Waals surface area contributed by atoms with Crippen molar-refractivity contribution in [1.29, 1.82) is 0 Å². The van der Waals surface area contributed by atoms with Crippen molar-refractivity contribution in [2.45, 2.75) is 24.9 Å². The summed E-state index contributed by atoms with van der Waals surface area (Å²) in [6.07, 6.45) is 0.142. The number of hydrogen-bond acceptors (Lipinski definition) is 4. The standard InChI is InChI=1S/C18H19FN2O4/c19-13-3-1-2-12(8-13)10-16(18(24)25)21-17(23)15(20)9-11-4-6-14(22)7-5-11/h1-8,15-16,22H,9-10,20H2,(H,21,23)(H,24,25)/t15-,16?/m0/s1. The number of carbonyl (C=O) groups excluding carboxylic acids is 1. The van der Waals surface area contributed by atoms with Crippen LogP contribution >= 0.6 is 0 Å². The molecule has 6 nitrogen and oxygen atoms in total. The number of benzene rings is 2. The van der Waals surface area contributed by atoms with Gasteiger partial charge in [0.25, 0.3) is 0 Å². The molecule has 0 bridgehead atoms. The van der Waals surface area contributed by atoms with Crippen molar-refractivity contribution < 1.29 is 24.2 Å². The number of phenolic OH excluding ortho intramolecular Hbond substituents is 1. The molecule has 0 spiro atoms. The summed E-state index contributed by atoms with van der Waals surface area (Å²) in [6, 6.07) is 9.59. The average molecular weight is 346 g/mol. The number of carboxylic acids is 1. The molecule has 5 N–H and O–H groups in total. The summed E-state index contributed by atoms with van der Waals surface area (Å²) in [4.78, 5) is 23.5. The zero-order valence-electron chi connectivity index (χ0n) is 13.4. The maximum absolute atomic E-state index is 13.2. The summed E-state index contributed by atoms with van der Waals surface area (Å²) in [7, 11) is 0. The lowest BCUT2D eigenvalue weighted by atomic mass is 10.0. The van der Waals surface area contributed by atoms with Crippen molar-refractivity contribution >= 4 is 11.9 Å². The van der Waals surface area contributed by atoms with Crippen LogP contribution in [0, 0.1) is 5.82 Å². The predicted octanol–water partition coefficient (Wildman–Crippen LogP) is 1.21. The molecule has 0 saturated carbocycles. The molecule has 0 aromatic heterocycles. The van der Waals surface area contributed by atoms with E-state index in [4.69, 9.17) is 5.73 Å². The lowest BCUT2D eigenvalue weighted by Gasteiger charge is -2.18. The molecule has 0 aliphatic rings. The maximum Gasteiger partial charge on any atom is 0.326 e. The normalized spacial score (nSPS) is 13.0. The highest BCUT2D eigenvalue weighted by molar-refractivity contribution is 5.87. The summed E-state index contributed by atoms with van der Waals surface area (Å²) in [5, 5.41) is 20.9. The molecule has 2 rings (SSSR count). The summed E-state index contributed by atoms with van der Waals surface area (Å²) >= 11 is 0. The number of aromatic hydroxyl groups is 1. The largest absolute Gasteiger partial charge is 0.508 e. The maximum atomic E-state index is 13.2. The lowest BCUT2D eigenvalue weighted by molar-refractivity contribution is -0.141. The molecule has 1 amide bonds. The fraction of sp³-hybridized carbons (Fsp3) is 0.222. The molecule has 0 aliphatic carbocycles. The molecule has 7 heteroatoms. The molecule has 2 aromatic rings. The van der Waals surface area contributed by atoms with E-state index in [1.54, 1.807) is 18.2 Å². The fourth-order valence-electron chi connectivity index (χ4n) is 2.36. The van der Waals surface area contributed by atoms with Crippen molar-refractivity contribution in [3.8, 4) is 5.75 Å². The molecule has 0 fully saturated rings. The monoisotopic (exact) mass is 346 g/mol. The number of carboxylic acid groups (broad SMARTS) is 1. The van der Waals surface area contributed by atoms with E-state index >= 15 is 0 Å². The van der Waals surface area contributed by atoms with Gasteiger partial charge in [-0.25, -0.2) is 9.18 Å². The third kappa shape index (κ3) is 5.58. The molecule has 25 heavy (non-hydrogen) atoms. The minimum atomic E-state index is -1.23. The Morgan fingerprint density at radius 3 is 2.36 bits per heavy atom. The Hall–Kier alpha value is -2.93. The third-order valence-corrected chi connectivity index (χ3v) is 3.67. The number of hydrogen-bond donors (Lipinski definition) is 4. The second-order valence-electron chi connectivity index (χ2n) is 5.71. The quantitative estimate of drug-likeness (QED) is 0.602. The van der Waals surface area contributed by atoms with Gasteiger partial charge in [-0.1, -0.05) is 24.3 Å². The number of rotatable bonds is 7. The molecule has 0 radical (unpaired) electrons. The van der Waals surface area contributed by atoms with Gasteiger partial charge in [-0.05, 0) is 41.8 Å². The first kappa shape index (κ1) is 18.4. The summed E-state index contributed by atoms with van der Waals surface area (Å²) in [5.41, 5.74) is 7.02. The van der Waals surface area contributed by atoms with Gasteiger partial charge in [0, 0.05) is 6.42 Å². The highest BCUT2D eigenvalue weighted by atomic mass is 19.1. The van der Waals surface area contributed by atoms with E-state index in [9.17, 15) is 24.2 Å². The topological polar surface area (TPSA) is 113 Å². The van der Waals surface area contributed by atoms with Crippen molar-refractivity contribution in [2.75, 3.05) is 0 Å². The van der Waals surface area contributed by atoms with E-state index in [0.717, 1.165) is 5.56 Å². The Morgan fingerprint density at radius 2 is 1.76 bits per heavy atom. The molecule has 0 saturated heterocycles. The Morgan fingerprint density at radius 1 is 1.08 bits per heavy atom. The Balaban J connectivity index is 1.99. The van der Waals surface area contributed by atoms with Gasteiger partial charge in [-0.2, -0.15) is 0 Å². The molecule has 132 valence electrons. The zero-order valence-corrected chi connectivity index (χ0v) is 13.4. The van der Waals surface area contributed by atoms with Crippen LogP contribution in [0.4, 0.5) is 4.39 Å². The minimum absolute atomic E-state index is 0.0508. The molecule has 2 atom stereocenters. The van der Waals surface area contributed by atoms with E-state index in [2.05, 4.69) is 5.32 Å². The van der Waals surface area contributed by atoms with Crippen LogP contribution in [0.15, 0.2) is 48.5 Å². The van der Waals surface area contributed by atoms with E-state index in [1.807, 2.05) is 0 Å². The first-order chi connectivity index (χ1) is 11.8. The van der Waals surface area contributed by atoms with Crippen LogP contribution in [-0.2, 0) is 22.4 Å². The van der Waals surface area contributed by atoms with Crippen LogP contribution in [-0.4, -0.2) is 34.2 Å². The van der Waals surface area contributed by atoms with Crippen molar-refractivity contribution in [2.24, 2.45) is 5.73 Å². The predicted molar refractivity (Wildman–Crippen MR) is 89.5 cm³/mol. The third-order valence-electron chi connectivity index (χ3n) is 3.67. The molecule has 2 aromatic carbocycles. The van der Waals surface area contributed by atoms with Crippen molar-refractivity contribution in [1.82, 2.24) is 5.32 Å². The minimum Gasteiger partial charge on any atom is -0.508 e. The van der Waals surface area contributed by atoms with E-state index in [-0.39, 0.29) is 18.6 Å². The van der Waals surface area contributed by atoms with Crippen LogP contribution < -0.4 is 11.1 Å². The highest BCUT2D eigenvalue weighted by Gasteiger charge is 2.24. The smallest absolute Gasteiger partial charge is 0.326 e. The molecular formula is C18H19FN2O4. The summed E-state index contributed by atoms with van der Waals surface area (Å²) < 4.78 is 13.2. The highest BCUT2D eigenvalue weighted by Crippen LogP contribution is 2.11. The van der Waals surface area contributed by atoms with E-state index < -0.39 is 29.8 Å². The molecule has 0 aliphatic heterocycles. The number of carbonyl (C=O) groups is 2. The zero-order chi connectivity index (χ0) is 18.4. The van der Waals surface area contributed by atoms with Crippen LogP contribution in [0.25, 0.3) is 0 Å². The number of nitrogens with one attached hydrogen (secondary N) is 1. The van der Waals surface area contributed by atoms with Gasteiger partial charge in [0.05, 0.1) is 6.04 Å². The van der Waals surface area contributed by atoms with Crippen molar-refractivity contribution in [3.63, 3.8) is 0 Å². The Labute approximate surface area is 144 Å². The second kappa shape index (κ2) is 8.25. The van der Waals surface area contributed by atoms with Gasteiger partial charge in [0.1, 0.15) is 17.6 Å². The van der Waals surface area contributed by atoms with Gasteiger partial charge in [-0.15, -0.1) is 0 Å². The first-order valence-corrected chi connectivity index (χ1v) is 7.66. The average Bonchev–Trinajstić information content (AvgIpc) is 2.56. The number of aliphatic carboxylic acids is 1. The molecule has 0 heterocycles. The SMILES string of the molecule is N[C@@H](Cc1ccc(O)cc1)C(=O)NC(Cc1cccc(F)c1)C(=O)O. The van der Waals surface area contributed by atoms with Gasteiger partial charge in [0.2, 0.25) is 5.91 Å². The summed E-state index contributed by atoms with van der Waals surface area (Å²) in [5.74, 6) is -2.22. The van der Waals surface area contributed by atoms with Crippen LogP contribution in [0.5, 0.6) is 5.75 Å². The van der Waals surface area contributed by atoms with Gasteiger partial charge < -0.3 is 21.3 Å². The van der Waals surface area contributed by atoms with Gasteiger partial charge >= 0.3 is 5.97 Å². The van der Waals surface area contributed by atoms with Crippen molar-refractivity contribution in [3.05, 3.63) is 65.5 Å². The van der Waals surface area contributed by atoms with Gasteiger partial charge in [0.15, 0.2) is 0 Å².